The number of halogens is 2. The van der Waals surface area contributed by atoms with Gasteiger partial charge in [0, 0.05) is 27.2 Å². The van der Waals surface area contributed by atoms with Crippen LogP contribution in [0.5, 0.6) is 0 Å². The number of aromatic carboxylic acids is 2. The summed E-state index contributed by atoms with van der Waals surface area (Å²) >= 11 is 11.7. The fourth-order valence-electron chi connectivity index (χ4n) is 4.71. The highest BCUT2D eigenvalue weighted by Crippen LogP contribution is 2.30. The Balaban J connectivity index is 0.000000207. The van der Waals surface area contributed by atoms with E-state index in [1.807, 2.05) is 6.07 Å². The van der Waals surface area contributed by atoms with Gasteiger partial charge in [-0.2, -0.15) is 0 Å². The summed E-state index contributed by atoms with van der Waals surface area (Å²) in [7, 11) is 0. The van der Waals surface area contributed by atoms with Crippen LogP contribution < -0.4 is 0 Å². The Bertz CT molecular complexity index is 1400. The molecule has 2 aromatic heterocycles. The zero-order valence-corrected chi connectivity index (χ0v) is 22.0. The normalized spacial score (nSPS) is 14.6. The number of unbranched alkanes of at least 4 members (excludes halogenated alkanes) is 1. The maximum atomic E-state index is 11.4. The monoisotopic (exact) mass is 545 g/mol. The molecule has 2 N–H and O–H groups in total. The van der Waals surface area contributed by atoms with Gasteiger partial charge >= 0.3 is 11.9 Å². The van der Waals surface area contributed by atoms with Crippen LogP contribution in [0.1, 0.15) is 59.1 Å². The van der Waals surface area contributed by atoms with Crippen molar-refractivity contribution in [3.63, 3.8) is 0 Å². The summed E-state index contributed by atoms with van der Waals surface area (Å²) in [5.74, 6) is -0.580. The maximum absolute atomic E-state index is 11.4. The summed E-state index contributed by atoms with van der Waals surface area (Å²) in [6.07, 6.45) is 7.17. The van der Waals surface area contributed by atoms with Gasteiger partial charge in [-0.05, 0) is 81.2 Å². The maximum Gasteiger partial charge on any atom is 0.339 e. The number of furan rings is 2. The first-order chi connectivity index (χ1) is 17.7. The second kappa shape index (κ2) is 12.0. The SMILES string of the molecule is CCCCN1CCC(Cc2cc3cc(Cl)cc(C(=O)O)c3o2)CC1.O=C(O)c1cc(Cl)cc2ccoc12. The molecule has 4 aromatic rings. The van der Waals surface area contributed by atoms with E-state index in [0.29, 0.717) is 32.5 Å². The number of hydrogen-bond acceptors (Lipinski definition) is 5. The Kier molecular flexibility index (Phi) is 8.79. The van der Waals surface area contributed by atoms with Gasteiger partial charge in [0.1, 0.15) is 28.1 Å². The minimum absolute atomic E-state index is 0.0903. The topological polar surface area (TPSA) is 104 Å². The van der Waals surface area contributed by atoms with Crippen LogP contribution in [0, 0.1) is 5.92 Å². The fraction of sp³-hybridized carbons (Fsp3) is 0.357. The number of carboxylic acids is 2. The molecule has 0 bridgehead atoms. The highest BCUT2D eigenvalue weighted by atomic mass is 35.5. The number of likely N-dealkylation sites (tertiary alicyclic amines) is 1. The summed E-state index contributed by atoms with van der Waals surface area (Å²) in [4.78, 5) is 24.7. The molecule has 37 heavy (non-hydrogen) atoms. The molecule has 3 heterocycles. The molecule has 0 saturated carbocycles. The van der Waals surface area contributed by atoms with Gasteiger partial charge in [-0.15, -0.1) is 0 Å². The molecule has 0 aliphatic carbocycles. The van der Waals surface area contributed by atoms with Crippen LogP contribution in [-0.4, -0.2) is 46.7 Å². The van der Waals surface area contributed by atoms with Crippen molar-refractivity contribution in [3.05, 3.63) is 69.6 Å². The number of hydrogen-bond donors (Lipinski definition) is 2. The summed E-state index contributed by atoms with van der Waals surface area (Å²) in [5, 5.41) is 20.4. The molecular formula is C28H29Cl2NO6. The third-order valence-corrected chi connectivity index (χ3v) is 7.07. The molecule has 9 heteroatoms. The van der Waals surface area contributed by atoms with Crippen molar-refractivity contribution in [1.82, 2.24) is 4.90 Å². The molecule has 1 aliphatic rings. The number of piperidine rings is 1. The van der Waals surface area contributed by atoms with Crippen LogP contribution in [0.3, 0.4) is 0 Å². The van der Waals surface area contributed by atoms with Crippen LogP contribution in [0.2, 0.25) is 10.0 Å². The van der Waals surface area contributed by atoms with Crippen LogP contribution >= 0.6 is 23.2 Å². The molecule has 0 atom stereocenters. The van der Waals surface area contributed by atoms with Crippen molar-refractivity contribution in [2.45, 2.75) is 39.0 Å². The van der Waals surface area contributed by atoms with E-state index in [1.165, 1.54) is 50.6 Å². The lowest BCUT2D eigenvalue weighted by atomic mass is 9.92. The predicted molar refractivity (Wildman–Crippen MR) is 144 cm³/mol. The van der Waals surface area contributed by atoms with Crippen molar-refractivity contribution in [1.29, 1.82) is 0 Å². The molecule has 1 fully saturated rings. The van der Waals surface area contributed by atoms with Gasteiger partial charge in [-0.3, -0.25) is 0 Å². The third-order valence-electron chi connectivity index (χ3n) is 6.63. The number of carboxylic acid groups (broad SMARTS) is 2. The first-order valence-corrected chi connectivity index (χ1v) is 13.1. The Morgan fingerprint density at radius 2 is 1.57 bits per heavy atom. The van der Waals surface area contributed by atoms with E-state index in [-0.39, 0.29) is 11.1 Å². The summed E-state index contributed by atoms with van der Waals surface area (Å²) < 4.78 is 10.9. The van der Waals surface area contributed by atoms with E-state index in [9.17, 15) is 14.7 Å². The average Bonchev–Trinajstić information content (AvgIpc) is 3.49. The number of benzene rings is 2. The molecule has 0 spiro atoms. The van der Waals surface area contributed by atoms with Crippen LogP contribution in [-0.2, 0) is 6.42 Å². The molecule has 0 unspecified atom stereocenters. The minimum Gasteiger partial charge on any atom is -0.478 e. The van der Waals surface area contributed by atoms with Gasteiger partial charge in [0.15, 0.2) is 0 Å². The highest BCUT2D eigenvalue weighted by Gasteiger charge is 2.22. The average molecular weight is 546 g/mol. The molecule has 2 aromatic carbocycles. The molecule has 0 radical (unpaired) electrons. The lowest BCUT2D eigenvalue weighted by molar-refractivity contribution is 0.0686. The number of nitrogens with zero attached hydrogens (tertiary/aromatic N) is 1. The van der Waals surface area contributed by atoms with E-state index in [1.54, 1.807) is 18.2 Å². The van der Waals surface area contributed by atoms with Crippen molar-refractivity contribution in [2.24, 2.45) is 5.92 Å². The highest BCUT2D eigenvalue weighted by molar-refractivity contribution is 6.32. The largest absolute Gasteiger partial charge is 0.478 e. The molecule has 1 saturated heterocycles. The molecule has 5 rings (SSSR count). The number of carbonyl (C=O) groups is 2. The van der Waals surface area contributed by atoms with Crippen molar-refractivity contribution < 1.29 is 28.6 Å². The summed E-state index contributed by atoms with van der Waals surface area (Å²) in [6.45, 7) is 5.73. The Hall–Kier alpha value is -3.00. The first-order valence-electron chi connectivity index (χ1n) is 12.3. The molecule has 1 aliphatic heterocycles. The summed E-state index contributed by atoms with van der Waals surface area (Å²) in [6, 6.07) is 9.86. The van der Waals surface area contributed by atoms with E-state index < -0.39 is 11.9 Å². The summed E-state index contributed by atoms with van der Waals surface area (Å²) in [5.41, 5.74) is 1.02. The first kappa shape index (κ1) is 27.0. The standard InChI is InChI=1S/C19H24ClNO3.C9H5ClO3/c1-2-3-6-21-7-4-13(5-8-21)9-16-11-14-10-15(20)12-17(19(22)23)18(14)24-16;10-6-3-5-1-2-13-8(5)7(4-6)9(11)12/h10-13H,2-9H2,1H3,(H,22,23);1-4H,(H,11,12). The number of fused-ring (bicyclic) bond motifs is 2. The zero-order valence-electron chi connectivity index (χ0n) is 20.5. The Morgan fingerprint density at radius 3 is 2.19 bits per heavy atom. The van der Waals surface area contributed by atoms with E-state index in [0.717, 1.165) is 30.7 Å². The van der Waals surface area contributed by atoms with Gasteiger partial charge in [-0.25, -0.2) is 9.59 Å². The lowest BCUT2D eigenvalue weighted by Crippen LogP contribution is -2.34. The van der Waals surface area contributed by atoms with Crippen LogP contribution in [0.4, 0.5) is 0 Å². The second-order valence-corrected chi connectivity index (χ2v) is 10.2. The van der Waals surface area contributed by atoms with Crippen LogP contribution in [0.25, 0.3) is 21.9 Å². The smallest absolute Gasteiger partial charge is 0.339 e. The quantitative estimate of drug-likeness (QED) is 0.246. The second-order valence-electron chi connectivity index (χ2n) is 9.33. The molecule has 7 nitrogen and oxygen atoms in total. The van der Waals surface area contributed by atoms with Gasteiger partial charge in [0.25, 0.3) is 0 Å². The zero-order chi connectivity index (χ0) is 26.5. The Labute approximate surface area is 224 Å². The molecule has 196 valence electrons. The van der Waals surface area contributed by atoms with Gasteiger partial charge in [0.05, 0.1) is 6.26 Å². The lowest BCUT2D eigenvalue weighted by Gasteiger charge is -2.31. The van der Waals surface area contributed by atoms with Crippen LogP contribution in [0.15, 0.2) is 51.5 Å². The van der Waals surface area contributed by atoms with Gasteiger partial charge < -0.3 is 23.9 Å². The minimum atomic E-state index is -1.04. The molecule has 0 amide bonds. The van der Waals surface area contributed by atoms with Crippen molar-refractivity contribution in [3.8, 4) is 0 Å². The van der Waals surface area contributed by atoms with E-state index >= 15 is 0 Å². The van der Waals surface area contributed by atoms with Crippen molar-refractivity contribution in [2.75, 3.05) is 19.6 Å². The third kappa shape index (κ3) is 6.66. The molecular weight excluding hydrogens is 517 g/mol. The van der Waals surface area contributed by atoms with Gasteiger partial charge in [0.2, 0.25) is 0 Å². The van der Waals surface area contributed by atoms with Crippen molar-refractivity contribution >= 4 is 57.1 Å². The predicted octanol–water partition coefficient (Wildman–Crippen LogP) is 7.62. The van der Waals surface area contributed by atoms with E-state index in [2.05, 4.69) is 11.8 Å². The fourth-order valence-corrected chi connectivity index (χ4v) is 5.17. The van der Waals surface area contributed by atoms with E-state index in [4.69, 9.17) is 37.1 Å². The Morgan fingerprint density at radius 1 is 0.946 bits per heavy atom. The van der Waals surface area contributed by atoms with Gasteiger partial charge in [-0.1, -0.05) is 36.5 Å². The number of rotatable bonds is 7.